The van der Waals surface area contributed by atoms with E-state index in [0.29, 0.717) is 0 Å². The summed E-state index contributed by atoms with van der Waals surface area (Å²) in [7, 11) is 4.22. The predicted octanol–water partition coefficient (Wildman–Crippen LogP) is 12.7. The minimum Gasteiger partial charge on any atom is -0.343 e. The summed E-state index contributed by atoms with van der Waals surface area (Å²) < 4.78 is 13.2. The lowest BCUT2D eigenvalue weighted by Gasteiger charge is -2.27. The Hall–Kier alpha value is -1.16. The fourth-order valence-corrected chi connectivity index (χ4v) is 6.27. The molecule has 0 saturated carbocycles. The Morgan fingerprint density at radius 2 is 0.818 bits per heavy atom. The van der Waals surface area contributed by atoms with Crippen LogP contribution >= 0.6 is 0 Å². The molecule has 3 nitrogen and oxygen atoms in total. The molecule has 0 aliphatic carbocycles. The van der Waals surface area contributed by atoms with E-state index >= 15 is 0 Å². The molecule has 0 spiro atoms. The molecule has 44 heavy (non-hydrogen) atoms. The van der Waals surface area contributed by atoms with Gasteiger partial charge in [-0.2, -0.15) is 0 Å². The average Bonchev–Trinajstić information content (AvgIpc) is 3.30. The number of unbranched alkanes of at least 4 members (excludes halogenated alkanes) is 16. The van der Waals surface area contributed by atoms with Gasteiger partial charge in [0, 0.05) is 0 Å². The quantitative estimate of drug-likeness (QED) is 0.0594. The van der Waals surface area contributed by atoms with Crippen LogP contribution in [-0.2, 0) is 9.47 Å². The fraction of sp³-hybridized carbons (Fsp3) is 0.805. The van der Waals surface area contributed by atoms with E-state index < -0.39 is 5.79 Å². The zero-order chi connectivity index (χ0) is 32.0. The van der Waals surface area contributed by atoms with Gasteiger partial charge in [0.1, 0.15) is 0 Å². The van der Waals surface area contributed by atoms with E-state index in [1.807, 2.05) is 0 Å². The van der Waals surface area contributed by atoms with Crippen molar-refractivity contribution in [3.05, 3.63) is 48.6 Å². The Morgan fingerprint density at radius 3 is 1.18 bits per heavy atom. The van der Waals surface area contributed by atoms with E-state index in [1.165, 1.54) is 128 Å². The lowest BCUT2D eigenvalue weighted by Crippen LogP contribution is -2.39. The van der Waals surface area contributed by atoms with Gasteiger partial charge in [-0.05, 0) is 98.1 Å². The van der Waals surface area contributed by atoms with Gasteiger partial charge in [0.25, 0.3) is 0 Å². The predicted molar refractivity (Wildman–Crippen MR) is 195 cm³/mol. The molecule has 256 valence electrons. The number of hydrogen-bond donors (Lipinski definition) is 0. The molecule has 1 fully saturated rings. The highest BCUT2D eigenvalue weighted by atomic mass is 16.8. The highest BCUT2D eigenvalue weighted by Crippen LogP contribution is 2.34. The molecule has 0 N–H and O–H groups in total. The monoisotopic (exact) mass is 614 g/mol. The third-order valence-corrected chi connectivity index (χ3v) is 8.70. The summed E-state index contributed by atoms with van der Waals surface area (Å²) in [6.45, 7) is 7.50. The summed E-state index contributed by atoms with van der Waals surface area (Å²) in [4.78, 5) is 2.19. The summed E-state index contributed by atoms with van der Waals surface area (Å²) in [6, 6.07) is 0. The van der Waals surface area contributed by atoms with Gasteiger partial charge < -0.3 is 14.4 Å². The Bertz CT molecular complexity index is 683. The molecule has 0 radical (unpaired) electrons. The molecule has 0 aromatic heterocycles. The first kappa shape index (κ1) is 40.9. The van der Waals surface area contributed by atoms with Crippen molar-refractivity contribution in [2.75, 3.05) is 20.6 Å². The van der Waals surface area contributed by atoms with E-state index in [0.717, 1.165) is 32.2 Å². The molecular weight excluding hydrogens is 538 g/mol. The van der Waals surface area contributed by atoms with Crippen LogP contribution in [0.15, 0.2) is 48.6 Å². The topological polar surface area (TPSA) is 21.7 Å². The fourth-order valence-electron chi connectivity index (χ4n) is 6.27. The van der Waals surface area contributed by atoms with Gasteiger partial charge in [0.15, 0.2) is 5.79 Å². The molecule has 1 heterocycles. The van der Waals surface area contributed by atoms with Crippen molar-refractivity contribution in [3.63, 3.8) is 0 Å². The molecule has 0 aromatic rings. The zero-order valence-corrected chi connectivity index (χ0v) is 30.2. The molecule has 0 aromatic carbocycles. The maximum atomic E-state index is 6.58. The van der Waals surface area contributed by atoms with E-state index in [9.17, 15) is 0 Å². The lowest BCUT2D eigenvalue weighted by atomic mass is 9.99. The smallest absolute Gasteiger partial charge is 0.179 e. The number of allylic oxidation sites excluding steroid dienone is 8. The van der Waals surface area contributed by atoms with Crippen LogP contribution in [0, 0.1) is 0 Å². The maximum Gasteiger partial charge on any atom is 0.179 e. The summed E-state index contributed by atoms with van der Waals surface area (Å²) in [5.74, 6) is -0.465. The van der Waals surface area contributed by atoms with Crippen molar-refractivity contribution in [1.29, 1.82) is 0 Å². The van der Waals surface area contributed by atoms with Gasteiger partial charge in [-0.1, -0.05) is 140 Å². The van der Waals surface area contributed by atoms with Gasteiger partial charge in [0.05, 0.1) is 18.8 Å². The van der Waals surface area contributed by atoms with Gasteiger partial charge >= 0.3 is 0 Å². The first-order chi connectivity index (χ1) is 21.5. The van der Waals surface area contributed by atoms with Crippen molar-refractivity contribution in [2.24, 2.45) is 0 Å². The van der Waals surface area contributed by atoms with Crippen molar-refractivity contribution >= 4 is 0 Å². The SMILES string of the molecule is CCCCC/C=C\C/C=C\CCCCCCCC1OC(C)(CN(C)C)OC1CCCCCCC/C=C\C/C=C\CCCCC. The van der Waals surface area contributed by atoms with Crippen LogP contribution in [0.2, 0.25) is 0 Å². The summed E-state index contributed by atoms with van der Waals surface area (Å²) >= 11 is 0. The third-order valence-electron chi connectivity index (χ3n) is 8.70. The molecule has 1 rings (SSSR count). The first-order valence-electron chi connectivity index (χ1n) is 19.1. The number of nitrogens with zero attached hydrogens (tertiary/aromatic N) is 1. The minimum atomic E-state index is -0.465. The van der Waals surface area contributed by atoms with Crippen molar-refractivity contribution < 1.29 is 9.47 Å². The minimum absolute atomic E-state index is 0.253. The first-order valence-corrected chi connectivity index (χ1v) is 19.1. The summed E-state index contributed by atoms with van der Waals surface area (Å²) in [6.07, 6.45) is 49.8. The van der Waals surface area contributed by atoms with Crippen LogP contribution in [0.3, 0.4) is 0 Å². The van der Waals surface area contributed by atoms with Gasteiger partial charge in [-0.3, -0.25) is 0 Å². The van der Waals surface area contributed by atoms with Crippen molar-refractivity contribution in [1.82, 2.24) is 4.90 Å². The molecule has 3 heteroatoms. The summed E-state index contributed by atoms with van der Waals surface area (Å²) in [5.41, 5.74) is 0. The average molecular weight is 614 g/mol. The molecule has 1 aliphatic rings. The van der Waals surface area contributed by atoms with Crippen LogP contribution < -0.4 is 0 Å². The van der Waals surface area contributed by atoms with E-state index in [4.69, 9.17) is 9.47 Å². The molecule has 1 aliphatic heterocycles. The molecule has 0 amide bonds. The molecule has 1 saturated heterocycles. The second-order valence-electron chi connectivity index (χ2n) is 13.7. The van der Waals surface area contributed by atoms with Crippen LogP contribution in [-0.4, -0.2) is 43.5 Å². The Labute approximate surface area is 276 Å². The molecule has 2 unspecified atom stereocenters. The second-order valence-corrected chi connectivity index (χ2v) is 13.7. The van der Waals surface area contributed by atoms with Crippen LogP contribution in [0.1, 0.15) is 175 Å². The van der Waals surface area contributed by atoms with Crippen LogP contribution in [0.25, 0.3) is 0 Å². The van der Waals surface area contributed by atoms with Gasteiger partial charge in [-0.25, -0.2) is 0 Å². The number of ether oxygens (including phenoxy) is 2. The third kappa shape index (κ3) is 24.1. The zero-order valence-electron chi connectivity index (χ0n) is 30.2. The van der Waals surface area contributed by atoms with E-state index in [1.54, 1.807) is 0 Å². The Kier molecular flexibility index (Phi) is 27.2. The highest BCUT2D eigenvalue weighted by Gasteiger charge is 2.43. The van der Waals surface area contributed by atoms with Gasteiger partial charge in [-0.15, -0.1) is 0 Å². The van der Waals surface area contributed by atoms with E-state index in [-0.39, 0.29) is 12.2 Å². The van der Waals surface area contributed by atoms with Gasteiger partial charge in [0.2, 0.25) is 0 Å². The summed E-state index contributed by atoms with van der Waals surface area (Å²) in [5, 5.41) is 0. The lowest BCUT2D eigenvalue weighted by molar-refractivity contribution is -0.170. The molecular formula is C41H75NO2. The van der Waals surface area contributed by atoms with Crippen molar-refractivity contribution in [2.45, 2.75) is 193 Å². The number of rotatable bonds is 30. The van der Waals surface area contributed by atoms with Crippen molar-refractivity contribution in [3.8, 4) is 0 Å². The molecule has 2 atom stereocenters. The number of likely N-dealkylation sites (N-methyl/N-ethyl adjacent to an activating group) is 1. The number of hydrogen-bond acceptors (Lipinski definition) is 3. The van der Waals surface area contributed by atoms with Crippen LogP contribution in [0.4, 0.5) is 0 Å². The standard InChI is InChI=1S/C41H75NO2/c1-6-8-10-12-14-16-18-20-22-24-26-28-30-32-34-36-39-40(44-41(3,43-39)38-42(4)5)37-35-33-31-29-27-25-23-21-19-17-15-13-11-9-7-2/h14-17,20-23,39-40H,6-13,18-19,24-38H2,1-5H3/b16-14-,17-15-,22-20-,23-21-. The maximum absolute atomic E-state index is 6.58. The Balaban J connectivity index is 2.16. The van der Waals surface area contributed by atoms with Crippen LogP contribution in [0.5, 0.6) is 0 Å². The van der Waals surface area contributed by atoms with E-state index in [2.05, 4.69) is 88.4 Å². The normalized spacial score (nSPS) is 21.0. The molecule has 0 bridgehead atoms. The Morgan fingerprint density at radius 1 is 0.477 bits per heavy atom. The largest absolute Gasteiger partial charge is 0.343 e. The highest BCUT2D eigenvalue weighted by molar-refractivity contribution is 4.93. The second kappa shape index (κ2) is 29.3.